The van der Waals surface area contributed by atoms with E-state index in [1.807, 2.05) is 37.3 Å². The number of ether oxygens (including phenoxy) is 8. The molecule has 1 unspecified atom stereocenters. The van der Waals surface area contributed by atoms with Crippen molar-refractivity contribution >= 4 is 5.97 Å². The van der Waals surface area contributed by atoms with Gasteiger partial charge in [0.05, 0.1) is 98.4 Å². The molecule has 0 N–H and O–H groups in total. The Bertz CT molecular complexity index is 630. The van der Waals surface area contributed by atoms with E-state index in [2.05, 4.69) is 6.92 Å². The third kappa shape index (κ3) is 21.4. The summed E-state index contributed by atoms with van der Waals surface area (Å²) in [5, 5.41) is 0. The zero-order valence-corrected chi connectivity index (χ0v) is 23.6. The second-order valence-corrected chi connectivity index (χ2v) is 8.63. The number of unbranched alkanes of at least 4 members (excludes halogenated alkanes) is 1. The lowest BCUT2D eigenvalue weighted by atomic mass is 10.00. The van der Waals surface area contributed by atoms with E-state index in [1.165, 1.54) is 0 Å². The summed E-state index contributed by atoms with van der Waals surface area (Å²) in [5.41, 5.74) is 1.16. The first kappa shape index (κ1) is 34.4. The molecular formula is C29H50O9. The summed E-state index contributed by atoms with van der Waals surface area (Å²) in [7, 11) is 0. The maximum absolute atomic E-state index is 12.0. The Labute approximate surface area is 229 Å². The van der Waals surface area contributed by atoms with Crippen LogP contribution in [0.2, 0.25) is 0 Å². The Morgan fingerprint density at radius 1 is 0.605 bits per heavy atom. The molecule has 0 spiro atoms. The molecule has 9 nitrogen and oxygen atoms in total. The lowest BCUT2D eigenvalue weighted by Crippen LogP contribution is -2.20. The lowest BCUT2D eigenvalue weighted by Gasteiger charge is -2.13. The van der Waals surface area contributed by atoms with Crippen LogP contribution in [0.1, 0.15) is 45.1 Å². The average Bonchev–Trinajstić information content (AvgIpc) is 2.94. The topological polar surface area (TPSA) is 90.9 Å². The van der Waals surface area contributed by atoms with Crippen LogP contribution < -0.4 is 0 Å². The number of carbonyl (C=O) groups excluding carboxylic acids is 1. The SMILES string of the molecule is CCCCC(CC)C(=O)OCCOCCOCCOCCOCCOCCOCCOCc1ccccc1. The lowest BCUT2D eigenvalue weighted by molar-refractivity contribution is -0.150. The molecule has 0 amide bonds. The summed E-state index contributed by atoms with van der Waals surface area (Å²) in [5.74, 6) is -0.111. The Morgan fingerprint density at radius 3 is 1.45 bits per heavy atom. The summed E-state index contributed by atoms with van der Waals surface area (Å²) in [6.45, 7) is 11.6. The Morgan fingerprint density at radius 2 is 1.03 bits per heavy atom. The third-order valence-corrected chi connectivity index (χ3v) is 5.55. The molecule has 0 heterocycles. The first-order chi connectivity index (χ1) is 18.8. The minimum atomic E-state index is -0.115. The van der Waals surface area contributed by atoms with Gasteiger partial charge in [0.2, 0.25) is 0 Å². The summed E-state index contributed by atoms with van der Waals surface area (Å²) < 4.78 is 43.6. The molecule has 38 heavy (non-hydrogen) atoms. The summed E-state index contributed by atoms with van der Waals surface area (Å²) in [4.78, 5) is 12.0. The van der Waals surface area contributed by atoms with Crippen LogP contribution >= 0.6 is 0 Å². The summed E-state index contributed by atoms with van der Waals surface area (Å²) in [6.07, 6.45) is 3.86. The van der Waals surface area contributed by atoms with E-state index in [0.29, 0.717) is 92.5 Å². The normalized spacial score (nSPS) is 12.1. The zero-order chi connectivity index (χ0) is 27.4. The molecule has 0 aliphatic rings. The highest BCUT2D eigenvalue weighted by Crippen LogP contribution is 2.14. The molecule has 0 aliphatic heterocycles. The predicted octanol–water partition coefficient (Wildman–Crippen LogP) is 4.06. The van der Waals surface area contributed by atoms with Gasteiger partial charge in [-0.2, -0.15) is 0 Å². The largest absolute Gasteiger partial charge is 0.463 e. The van der Waals surface area contributed by atoms with Crippen molar-refractivity contribution in [2.45, 2.75) is 46.1 Å². The first-order valence-corrected chi connectivity index (χ1v) is 14.0. The smallest absolute Gasteiger partial charge is 0.308 e. The molecule has 220 valence electrons. The highest BCUT2D eigenvalue weighted by molar-refractivity contribution is 5.72. The van der Waals surface area contributed by atoms with Crippen molar-refractivity contribution in [3.8, 4) is 0 Å². The monoisotopic (exact) mass is 542 g/mol. The molecule has 9 heteroatoms. The number of esters is 1. The van der Waals surface area contributed by atoms with Crippen LogP contribution in [0.25, 0.3) is 0 Å². The summed E-state index contributed by atoms with van der Waals surface area (Å²) >= 11 is 0. The first-order valence-electron chi connectivity index (χ1n) is 14.0. The van der Waals surface area contributed by atoms with Gasteiger partial charge < -0.3 is 37.9 Å². The van der Waals surface area contributed by atoms with Gasteiger partial charge in [-0.05, 0) is 18.4 Å². The van der Waals surface area contributed by atoms with Gasteiger partial charge in [0.25, 0.3) is 0 Å². The maximum Gasteiger partial charge on any atom is 0.308 e. The molecule has 1 aromatic carbocycles. The number of benzene rings is 1. The standard InChI is InChI=1S/C29H50O9/c1-3-5-11-28(4-2)29(30)38-25-24-36-21-20-34-17-16-32-13-12-31-14-15-33-18-19-35-22-23-37-26-27-9-7-6-8-10-27/h6-10,28H,3-5,11-26H2,1-2H3. The highest BCUT2D eigenvalue weighted by atomic mass is 16.6. The molecule has 0 aliphatic carbocycles. The van der Waals surface area contributed by atoms with Crippen LogP contribution in [0, 0.1) is 5.92 Å². The van der Waals surface area contributed by atoms with Crippen LogP contribution in [-0.4, -0.2) is 98.5 Å². The van der Waals surface area contributed by atoms with Crippen LogP contribution in [0.4, 0.5) is 0 Å². The third-order valence-electron chi connectivity index (χ3n) is 5.55. The fourth-order valence-electron chi connectivity index (χ4n) is 3.34. The van der Waals surface area contributed by atoms with Gasteiger partial charge in [0.15, 0.2) is 0 Å². The van der Waals surface area contributed by atoms with Crippen molar-refractivity contribution in [3.63, 3.8) is 0 Å². The Balaban J connectivity index is 1.70. The average molecular weight is 543 g/mol. The van der Waals surface area contributed by atoms with Gasteiger partial charge in [-0.1, -0.05) is 57.0 Å². The van der Waals surface area contributed by atoms with Crippen molar-refractivity contribution in [3.05, 3.63) is 35.9 Å². The molecular weight excluding hydrogens is 492 g/mol. The van der Waals surface area contributed by atoms with Crippen LogP contribution in [0.3, 0.4) is 0 Å². The van der Waals surface area contributed by atoms with Gasteiger partial charge in [0.1, 0.15) is 6.61 Å². The zero-order valence-electron chi connectivity index (χ0n) is 23.6. The van der Waals surface area contributed by atoms with Crippen LogP contribution in [0.15, 0.2) is 30.3 Å². The van der Waals surface area contributed by atoms with Gasteiger partial charge in [-0.25, -0.2) is 0 Å². The molecule has 1 aromatic rings. The minimum absolute atomic E-state index is 0.00383. The van der Waals surface area contributed by atoms with E-state index >= 15 is 0 Å². The molecule has 1 atom stereocenters. The fraction of sp³-hybridized carbons (Fsp3) is 0.759. The number of rotatable bonds is 28. The van der Waals surface area contributed by atoms with E-state index < -0.39 is 0 Å². The second kappa shape index (κ2) is 27.0. The summed E-state index contributed by atoms with van der Waals surface area (Å²) in [6, 6.07) is 10.1. The second-order valence-electron chi connectivity index (χ2n) is 8.63. The van der Waals surface area contributed by atoms with Gasteiger partial charge >= 0.3 is 5.97 Å². The van der Waals surface area contributed by atoms with Gasteiger partial charge in [-0.15, -0.1) is 0 Å². The van der Waals surface area contributed by atoms with E-state index in [-0.39, 0.29) is 18.5 Å². The number of hydrogen-bond donors (Lipinski definition) is 0. The van der Waals surface area contributed by atoms with E-state index in [4.69, 9.17) is 37.9 Å². The van der Waals surface area contributed by atoms with Crippen LogP contribution in [-0.2, 0) is 49.3 Å². The molecule has 0 saturated carbocycles. The van der Waals surface area contributed by atoms with Crippen molar-refractivity contribution in [2.75, 3.05) is 92.5 Å². The molecule has 0 fully saturated rings. The van der Waals surface area contributed by atoms with E-state index in [1.54, 1.807) is 0 Å². The Hall–Kier alpha value is -1.59. The molecule has 0 aromatic heterocycles. The number of carbonyl (C=O) groups is 1. The van der Waals surface area contributed by atoms with Crippen LogP contribution in [0.5, 0.6) is 0 Å². The van der Waals surface area contributed by atoms with Gasteiger partial charge in [0, 0.05) is 0 Å². The van der Waals surface area contributed by atoms with E-state index in [9.17, 15) is 4.79 Å². The van der Waals surface area contributed by atoms with Crippen molar-refractivity contribution < 1.29 is 42.7 Å². The minimum Gasteiger partial charge on any atom is -0.463 e. The number of hydrogen-bond acceptors (Lipinski definition) is 9. The molecule has 1 rings (SSSR count). The van der Waals surface area contributed by atoms with Gasteiger partial charge in [-0.3, -0.25) is 4.79 Å². The van der Waals surface area contributed by atoms with Crippen molar-refractivity contribution in [1.29, 1.82) is 0 Å². The highest BCUT2D eigenvalue weighted by Gasteiger charge is 2.16. The quantitative estimate of drug-likeness (QED) is 0.115. The van der Waals surface area contributed by atoms with Crippen molar-refractivity contribution in [2.24, 2.45) is 5.92 Å². The maximum atomic E-state index is 12.0. The van der Waals surface area contributed by atoms with E-state index in [0.717, 1.165) is 31.2 Å². The molecule has 0 bridgehead atoms. The predicted molar refractivity (Wildman–Crippen MR) is 145 cm³/mol. The molecule has 0 saturated heterocycles. The van der Waals surface area contributed by atoms with Crippen molar-refractivity contribution in [1.82, 2.24) is 0 Å². The fourth-order valence-corrected chi connectivity index (χ4v) is 3.34. The molecule has 0 radical (unpaired) electrons. The Kier molecular flexibility index (Phi) is 24.5.